The van der Waals surface area contributed by atoms with Gasteiger partial charge in [0.15, 0.2) is 0 Å². The van der Waals surface area contributed by atoms with Gasteiger partial charge in [0.05, 0.1) is 30.5 Å². The van der Waals surface area contributed by atoms with E-state index in [1.54, 1.807) is 17.0 Å². The molecule has 4 rings (SSSR count). The second-order valence-electron chi connectivity index (χ2n) is 8.45. The summed E-state index contributed by atoms with van der Waals surface area (Å²) in [5.41, 5.74) is 0.833. The Labute approximate surface area is 192 Å². The van der Waals surface area contributed by atoms with Gasteiger partial charge < -0.3 is 29.9 Å². The van der Waals surface area contributed by atoms with Gasteiger partial charge in [0.1, 0.15) is 18.5 Å². The molecule has 3 heterocycles. The Kier molecular flexibility index (Phi) is 7.29. The molecule has 3 amide bonds. The van der Waals surface area contributed by atoms with E-state index in [0.29, 0.717) is 37.6 Å². The highest BCUT2D eigenvalue weighted by atomic mass is 19.1. The van der Waals surface area contributed by atoms with Crippen LogP contribution in [0.15, 0.2) is 18.2 Å². The number of nitrogens with one attached hydrogen (secondary N) is 2. The maximum atomic E-state index is 14.9. The topological polar surface area (TPSA) is 103 Å². The van der Waals surface area contributed by atoms with E-state index in [2.05, 4.69) is 10.6 Å². The number of hydrogen-bond acceptors (Lipinski definition) is 7. The SMILES string of the molecule is COCC(=O)N1CCN(c2ccc(N3C[C@H](CNC(=O)C4CCCN4)OC3=O)cc2F)CC1. The molecule has 0 spiro atoms. The van der Waals surface area contributed by atoms with Crippen molar-refractivity contribution in [3.8, 4) is 0 Å². The molecule has 0 saturated carbocycles. The Morgan fingerprint density at radius 3 is 2.73 bits per heavy atom. The number of halogens is 1. The molecular weight excluding hydrogens is 433 g/mol. The van der Waals surface area contributed by atoms with Crippen molar-refractivity contribution in [3.63, 3.8) is 0 Å². The number of nitrogens with zero attached hydrogens (tertiary/aromatic N) is 3. The Hall–Kier alpha value is -2.92. The Morgan fingerprint density at radius 1 is 1.27 bits per heavy atom. The molecule has 11 heteroatoms. The van der Waals surface area contributed by atoms with Crippen LogP contribution in [0.1, 0.15) is 12.8 Å². The highest BCUT2D eigenvalue weighted by Crippen LogP contribution is 2.28. The summed E-state index contributed by atoms with van der Waals surface area (Å²) in [6.07, 6.45) is 0.703. The molecule has 1 aromatic rings. The molecule has 0 aliphatic carbocycles. The molecule has 0 bridgehead atoms. The van der Waals surface area contributed by atoms with Crippen LogP contribution in [0, 0.1) is 5.82 Å². The molecule has 33 heavy (non-hydrogen) atoms. The first kappa shape index (κ1) is 23.2. The number of methoxy groups -OCH3 is 1. The van der Waals surface area contributed by atoms with Crippen molar-refractivity contribution in [2.24, 2.45) is 0 Å². The molecule has 3 aliphatic rings. The van der Waals surface area contributed by atoms with Crippen molar-refractivity contribution in [1.82, 2.24) is 15.5 Å². The zero-order valence-corrected chi connectivity index (χ0v) is 18.7. The van der Waals surface area contributed by atoms with E-state index in [9.17, 15) is 18.8 Å². The molecule has 180 valence electrons. The van der Waals surface area contributed by atoms with E-state index in [1.165, 1.54) is 18.1 Å². The van der Waals surface area contributed by atoms with Gasteiger partial charge in [-0.05, 0) is 37.6 Å². The van der Waals surface area contributed by atoms with Crippen LogP contribution in [0.4, 0.5) is 20.6 Å². The van der Waals surface area contributed by atoms with Gasteiger partial charge in [-0.25, -0.2) is 9.18 Å². The standard InChI is InChI=1S/C22H30FN5O5/c1-32-14-20(29)27-9-7-26(8-10-27)19-5-4-15(11-17(19)23)28-13-16(33-22(28)31)12-25-21(30)18-3-2-6-24-18/h4-5,11,16,18,24H,2-3,6-10,12-14H2,1H3,(H,25,30)/t16-,18?/m0/s1. The van der Waals surface area contributed by atoms with E-state index in [-0.39, 0.29) is 37.6 Å². The zero-order chi connectivity index (χ0) is 23.4. The lowest BCUT2D eigenvalue weighted by atomic mass is 10.2. The van der Waals surface area contributed by atoms with Crippen molar-refractivity contribution in [1.29, 1.82) is 0 Å². The van der Waals surface area contributed by atoms with Crippen LogP contribution in [0.5, 0.6) is 0 Å². The van der Waals surface area contributed by atoms with Gasteiger partial charge in [-0.15, -0.1) is 0 Å². The third kappa shape index (κ3) is 5.36. The molecule has 1 aromatic carbocycles. The first-order valence-electron chi connectivity index (χ1n) is 11.3. The second-order valence-corrected chi connectivity index (χ2v) is 8.45. The summed E-state index contributed by atoms with van der Waals surface area (Å²) >= 11 is 0. The quantitative estimate of drug-likeness (QED) is 0.600. The smallest absolute Gasteiger partial charge is 0.414 e. The van der Waals surface area contributed by atoms with Gasteiger partial charge in [-0.1, -0.05) is 0 Å². The largest absolute Gasteiger partial charge is 0.442 e. The lowest BCUT2D eigenvalue weighted by Gasteiger charge is -2.36. The number of piperazine rings is 1. The van der Waals surface area contributed by atoms with E-state index in [4.69, 9.17) is 9.47 Å². The summed E-state index contributed by atoms with van der Waals surface area (Å²) in [7, 11) is 1.48. The van der Waals surface area contributed by atoms with Crippen LogP contribution < -0.4 is 20.4 Å². The van der Waals surface area contributed by atoms with Gasteiger partial charge in [-0.2, -0.15) is 0 Å². The third-order valence-electron chi connectivity index (χ3n) is 6.24. The van der Waals surface area contributed by atoms with E-state index in [0.717, 1.165) is 19.4 Å². The molecule has 3 aliphatic heterocycles. The summed E-state index contributed by atoms with van der Waals surface area (Å²) in [6, 6.07) is 4.46. The number of amides is 3. The number of cyclic esters (lactones) is 1. The predicted octanol–water partition coefficient (Wildman–Crippen LogP) is 0.314. The van der Waals surface area contributed by atoms with Crippen LogP contribution in [0.2, 0.25) is 0 Å². The summed E-state index contributed by atoms with van der Waals surface area (Å²) in [6.45, 7) is 3.31. The number of carbonyl (C=O) groups excluding carboxylic acids is 3. The van der Waals surface area contributed by atoms with Gasteiger partial charge in [0.25, 0.3) is 0 Å². The maximum absolute atomic E-state index is 14.9. The van der Waals surface area contributed by atoms with E-state index in [1.807, 2.05) is 4.90 Å². The molecule has 3 fully saturated rings. The number of ether oxygens (including phenoxy) is 2. The molecule has 1 unspecified atom stereocenters. The van der Waals surface area contributed by atoms with Gasteiger partial charge in [0, 0.05) is 33.3 Å². The minimum absolute atomic E-state index is 0.0388. The number of hydrogen-bond donors (Lipinski definition) is 2. The van der Waals surface area contributed by atoms with Gasteiger partial charge >= 0.3 is 6.09 Å². The van der Waals surface area contributed by atoms with Crippen molar-refractivity contribution in [2.45, 2.75) is 25.0 Å². The van der Waals surface area contributed by atoms with Gasteiger partial charge in [-0.3, -0.25) is 14.5 Å². The first-order chi connectivity index (χ1) is 16.0. The molecule has 2 atom stereocenters. The Morgan fingerprint density at radius 2 is 2.06 bits per heavy atom. The van der Waals surface area contributed by atoms with Crippen molar-refractivity contribution < 1.29 is 28.2 Å². The minimum Gasteiger partial charge on any atom is -0.442 e. The van der Waals surface area contributed by atoms with Crippen molar-refractivity contribution in [3.05, 3.63) is 24.0 Å². The predicted molar refractivity (Wildman–Crippen MR) is 119 cm³/mol. The van der Waals surface area contributed by atoms with Crippen LogP contribution >= 0.6 is 0 Å². The molecule has 3 saturated heterocycles. The number of rotatable bonds is 7. The van der Waals surface area contributed by atoms with E-state index >= 15 is 0 Å². The molecule has 2 N–H and O–H groups in total. The normalized spacial score (nSPS) is 23.1. The number of benzene rings is 1. The fraction of sp³-hybridized carbons (Fsp3) is 0.591. The zero-order valence-electron chi connectivity index (χ0n) is 18.7. The van der Waals surface area contributed by atoms with Crippen molar-refractivity contribution in [2.75, 3.05) is 69.3 Å². The van der Waals surface area contributed by atoms with Crippen LogP contribution in [0.3, 0.4) is 0 Å². The number of anilines is 2. The molecular formula is C22H30FN5O5. The lowest BCUT2D eigenvalue weighted by molar-refractivity contribution is -0.135. The Bertz CT molecular complexity index is 886. The monoisotopic (exact) mass is 463 g/mol. The third-order valence-corrected chi connectivity index (χ3v) is 6.24. The highest BCUT2D eigenvalue weighted by Gasteiger charge is 2.34. The summed E-state index contributed by atoms with van der Waals surface area (Å²) in [5, 5.41) is 5.95. The second kappa shape index (κ2) is 10.3. The summed E-state index contributed by atoms with van der Waals surface area (Å²) < 4.78 is 25.2. The fourth-order valence-corrected chi connectivity index (χ4v) is 4.42. The molecule has 10 nitrogen and oxygen atoms in total. The van der Waals surface area contributed by atoms with Crippen LogP contribution in [-0.4, -0.2) is 94.5 Å². The minimum atomic E-state index is -0.564. The number of carbonyl (C=O) groups is 3. The summed E-state index contributed by atoms with van der Waals surface area (Å²) in [4.78, 5) is 41.4. The maximum Gasteiger partial charge on any atom is 0.414 e. The van der Waals surface area contributed by atoms with E-state index < -0.39 is 18.0 Å². The Balaban J connectivity index is 1.31. The average Bonchev–Trinajstić information content (AvgIpc) is 3.48. The van der Waals surface area contributed by atoms with Gasteiger partial charge in [0.2, 0.25) is 11.8 Å². The molecule has 0 aromatic heterocycles. The summed E-state index contributed by atoms with van der Waals surface area (Å²) in [5.74, 6) is -0.617. The molecule has 0 radical (unpaired) electrons. The fourth-order valence-electron chi connectivity index (χ4n) is 4.42. The van der Waals surface area contributed by atoms with Crippen LogP contribution in [-0.2, 0) is 19.1 Å². The van der Waals surface area contributed by atoms with Crippen LogP contribution in [0.25, 0.3) is 0 Å². The first-order valence-corrected chi connectivity index (χ1v) is 11.3. The average molecular weight is 464 g/mol. The van der Waals surface area contributed by atoms with Crippen molar-refractivity contribution >= 4 is 29.3 Å². The highest BCUT2D eigenvalue weighted by molar-refractivity contribution is 5.90. The lowest BCUT2D eigenvalue weighted by Crippen LogP contribution is -2.50.